The van der Waals surface area contributed by atoms with Crippen molar-refractivity contribution in [1.29, 1.82) is 0 Å². The zero-order valence-corrected chi connectivity index (χ0v) is 12.7. The summed E-state index contributed by atoms with van der Waals surface area (Å²) in [5.74, 6) is 2.27. The second-order valence-corrected chi connectivity index (χ2v) is 6.73. The third-order valence-corrected chi connectivity index (χ3v) is 6.04. The van der Waals surface area contributed by atoms with Crippen molar-refractivity contribution in [3.63, 3.8) is 0 Å². The van der Waals surface area contributed by atoms with E-state index < -0.39 is 0 Å². The monoisotopic (exact) mass is 300 g/mol. The molecule has 0 heterocycles. The molecule has 0 aromatic rings. The predicted octanol–water partition coefficient (Wildman–Crippen LogP) is 4.50. The van der Waals surface area contributed by atoms with E-state index in [0.717, 1.165) is 18.3 Å². The van der Waals surface area contributed by atoms with Crippen molar-refractivity contribution in [1.82, 2.24) is 0 Å². The van der Waals surface area contributed by atoms with E-state index in [1.54, 1.807) is 5.57 Å². The fourth-order valence-corrected chi connectivity index (χ4v) is 5.10. The Morgan fingerprint density at radius 3 is 2.94 bits per heavy atom. The lowest BCUT2D eigenvalue weighted by Gasteiger charge is -2.44. The second-order valence-electron chi connectivity index (χ2n) is 6.27. The molecule has 0 radical (unpaired) electrons. The van der Waals surface area contributed by atoms with E-state index in [9.17, 15) is 0 Å². The van der Waals surface area contributed by atoms with Crippen LogP contribution in [0.5, 0.6) is 0 Å². The molecule has 0 aliphatic heterocycles. The van der Waals surface area contributed by atoms with Gasteiger partial charge in [-0.2, -0.15) is 0 Å². The standard InChI is InChI=1S/C15H25BrO/c1-11(7-9-17)13-5-6-14-12(10-16)4-3-8-15(13,14)2/h10-11,13-14,17H,3-9H2,1-2H3/t11-,13-,14?,15-/m1/s1. The van der Waals surface area contributed by atoms with Gasteiger partial charge < -0.3 is 5.11 Å². The number of halogens is 1. The number of hydrogen-bond donors (Lipinski definition) is 1. The van der Waals surface area contributed by atoms with E-state index in [0.29, 0.717) is 17.9 Å². The van der Waals surface area contributed by atoms with Crippen LogP contribution in [-0.2, 0) is 0 Å². The molecule has 0 saturated heterocycles. The molecule has 2 aliphatic carbocycles. The van der Waals surface area contributed by atoms with Gasteiger partial charge in [0.2, 0.25) is 0 Å². The highest BCUT2D eigenvalue weighted by Crippen LogP contribution is 2.59. The summed E-state index contributed by atoms with van der Waals surface area (Å²) in [6, 6.07) is 0. The number of hydrogen-bond acceptors (Lipinski definition) is 1. The van der Waals surface area contributed by atoms with Gasteiger partial charge in [-0.25, -0.2) is 0 Å². The molecule has 98 valence electrons. The van der Waals surface area contributed by atoms with Crippen LogP contribution in [0.15, 0.2) is 10.6 Å². The molecule has 1 unspecified atom stereocenters. The maximum atomic E-state index is 9.16. The minimum absolute atomic E-state index is 0.347. The predicted molar refractivity (Wildman–Crippen MR) is 76.0 cm³/mol. The molecule has 1 nitrogen and oxygen atoms in total. The van der Waals surface area contributed by atoms with Crippen LogP contribution in [0.4, 0.5) is 0 Å². The Morgan fingerprint density at radius 2 is 2.29 bits per heavy atom. The molecule has 0 aromatic heterocycles. The summed E-state index contributed by atoms with van der Waals surface area (Å²) < 4.78 is 0. The van der Waals surface area contributed by atoms with Crippen molar-refractivity contribution < 1.29 is 5.11 Å². The topological polar surface area (TPSA) is 20.2 Å². The van der Waals surface area contributed by atoms with Gasteiger partial charge in [-0.05, 0) is 66.7 Å². The highest BCUT2D eigenvalue weighted by atomic mass is 79.9. The average molecular weight is 301 g/mol. The fourth-order valence-electron chi connectivity index (χ4n) is 4.55. The number of fused-ring (bicyclic) bond motifs is 1. The van der Waals surface area contributed by atoms with Gasteiger partial charge in [0.25, 0.3) is 0 Å². The van der Waals surface area contributed by atoms with Crippen molar-refractivity contribution in [3.8, 4) is 0 Å². The summed E-state index contributed by atoms with van der Waals surface area (Å²) in [7, 11) is 0. The van der Waals surface area contributed by atoms with Crippen LogP contribution in [0.3, 0.4) is 0 Å². The summed E-state index contributed by atoms with van der Waals surface area (Å²) in [6.45, 7) is 5.18. The van der Waals surface area contributed by atoms with Crippen LogP contribution >= 0.6 is 15.9 Å². The molecule has 2 saturated carbocycles. The Morgan fingerprint density at radius 1 is 1.53 bits per heavy atom. The maximum absolute atomic E-state index is 9.16. The molecule has 0 bridgehead atoms. The van der Waals surface area contributed by atoms with Crippen LogP contribution in [0.1, 0.15) is 52.4 Å². The van der Waals surface area contributed by atoms with Crippen molar-refractivity contribution >= 4 is 15.9 Å². The fraction of sp³-hybridized carbons (Fsp3) is 0.867. The van der Waals surface area contributed by atoms with Crippen LogP contribution in [0, 0.1) is 23.2 Å². The van der Waals surface area contributed by atoms with Gasteiger partial charge in [-0.3, -0.25) is 0 Å². The van der Waals surface area contributed by atoms with Crippen molar-refractivity contribution in [2.45, 2.75) is 52.4 Å². The minimum atomic E-state index is 0.347. The first-order valence-corrected chi connectivity index (χ1v) is 7.95. The van der Waals surface area contributed by atoms with Gasteiger partial charge >= 0.3 is 0 Å². The lowest BCUT2D eigenvalue weighted by atomic mass is 9.61. The number of allylic oxidation sites excluding steroid dienone is 1. The summed E-state index contributed by atoms with van der Waals surface area (Å²) in [4.78, 5) is 2.19. The van der Waals surface area contributed by atoms with E-state index in [2.05, 4.69) is 34.8 Å². The third kappa shape index (κ3) is 2.35. The Hall–Kier alpha value is 0.180. The molecule has 2 heteroatoms. The Kier molecular flexibility index (Phi) is 4.35. The summed E-state index contributed by atoms with van der Waals surface area (Å²) in [6.07, 6.45) is 7.68. The van der Waals surface area contributed by atoms with Gasteiger partial charge in [0.15, 0.2) is 0 Å². The van der Waals surface area contributed by atoms with Gasteiger partial charge in [0.1, 0.15) is 0 Å². The SMILES string of the molecule is C[C@H](CCO)[C@H]1CCC2C(=CBr)CCC[C@@]21C. The first-order chi connectivity index (χ1) is 8.13. The van der Waals surface area contributed by atoms with E-state index in [4.69, 9.17) is 5.11 Å². The van der Waals surface area contributed by atoms with Gasteiger partial charge in [0.05, 0.1) is 0 Å². The van der Waals surface area contributed by atoms with E-state index >= 15 is 0 Å². The highest BCUT2D eigenvalue weighted by Gasteiger charge is 2.50. The molecule has 0 amide bonds. The molecule has 2 rings (SSSR count). The minimum Gasteiger partial charge on any atom is -0.396 e. The largest absolute Gasteiger partial charge is 0.396 e. The zero-order chi connectivity index (χ0) is 12.5. The van der Waals surface area contributed by atoms with Gasteiger partial charge in [-0.15, -0.1) is 0 Å². The van der Waals surface area contributed by atoms with E-state index in [1.165, 1.54) is 32.1 Å². The molecule has 2 aliphatic rings. The number of rotatable bonds is 3. The van der Waals surface area contributed by atoms with Crippen LogP contribution < -0.4 is 0 Å². The first-order valence-electron chi connectivity index (χ1n) is 7.03. The average Bonchev–Trinajstić information content (AvgIpc) is 2.66. The smallest absolute Gasteiger partial charge is 0.0433 e. The van der Waals surface area contributed by atoms with Crippen LogP contribution in [0.25, 0.3) is 0 Å². The normalized spacial score (nSPS) is 41.5. The van der Waals surface area contributed by atoms with Crippen molar-refractivity contribution in [2.24, 2.45) is 23.2 Å². The molecular weight excluding hydrogens is 276 g/mol. The van der Waals surface area contributed by atoms with Gasteiger partial charge in [-0.1, -0.05) is 35.4 Å². The Bertz CT molecular complexity index is 299. The summed E-state index contributed by atoms with van der Waals surface area (Å²) >= 11 is 3.56. The Balaban J connectivity index is 2.18. The molecule has 2 fully saturated rings. The van der Waals surface area contributed by atoms with Crippen LogP contribution in [0.2, 0.25) is 0 Å². The molecule has 17 heavy (non-hydrogen) atoms. The number of aliphatic hydroxyl groups excluding tert-OH is 1. The highest BCUT2D eigenvalue weighted by molar-refractivity contribution is 9.11. The maximum Gasteiger partial charge on any atom is 0.0433 e. The molecule has 0 aromatic carbocycles. The van der Waals surface area contributed by atoms with Crippen molar-refractivity contribution in [2.75, 3.05) is 6.61 Å². The lowest BCUT2D eigenvalue weighted by molar-refractivity contribution is 0.0859. The molecular formula is C15H25BrO. The second kappa shape index (κ2) is 5.44. The summed E-state index contributed by atoms with van der Waals surface area (Å²) in [5.41, 5.74) is 2.13. The lowest BCUT2D eigenvalue weighted by Crippen LogP contribution is -2.36. The third-order valence-electron chi connectivity index (χ3n) is 5.45. The molecule has 0 spiro atoms. The summed E-state index contributed by atoms with van der Waals surface area (Å²) in [5, 5.41) is 9.16. The quantitative estimate of drug-likeness (QED) is 0.813. The first kappa shape index (κ1) is 13.6. The van der Waals surface area contributed by atoms with E-state index in [1.807, 2.05) is 0 Å². The molecule has 1 N–H and O–H groups in total. The van der Waals surface area contributed by atoms with Crippen LogP contribution in [-0.4, -0.2) is 11.7 Å². The van der Waals surface area contributed by atoms with Gasteiger partial charge in [0, 0.05) is 6.61 Å². The van der Waals surface area contributed by atoms with E-state index in [-0.39, 0.29) is 0 Å². The molecule has 4 atom stereocenters. The number of aliphatic hydroxyl groups is 1. The Labute approximate surface area is 114 Å². The van der Waals surface area contributed by atoms with Crippen molar-refractivity contribution in [3.05, 3.63) is 10.6 Å². The zero-order valence-electron chi connectivity index (χ0n) is 11.1.